The number of nitrogens with one attached hydrogen (secondary N) is 1. The van der Waals surface area contributed by atoms with Gasteiger partial charge in [0.1, 0.15) is 30.5 Å². The topological polar surface area (TPSA) is 155 Å². The highest BCUT2D eigenvalue weighted by Gasteiger charge is 2.21. The van der Waals surface area contributed by atoms with Crippen LogP contribution < -0.4 is 11.1 Å². The van der Waals surface area contributed by atoms with E-state index in [0.717, 1.165) is 0 Å². The van der Waals surface area contributed by atoms with Gasteiger partial charge < -0.3 is 30.0 Å². The standard InChI is InChI=1S/C18H27N7O5/c1-5-29-13(27)9-24(7-6-20-17(28)30-18(2,3)4)12(26)8-25-11-23-16-14(25)15(19)21-10-22-16/h10-11H,5-9H2,1-4H3,(H,20,28)(H2,19,21,22). The van der Waals surface area contributed by atoms with Crippen LogP contribution in [-0.2, 0) is 25.6 Å². The number of aromatic nitrogens is 4. The van der Waals surface area contributed by atoms with Crippen molar-refractivity contribution >= 4 is 35.0 Å². The molecule has 2 amide bonds. The summed E-state index contributed by atoms with van der Waals surface area (Å²) in [6, 6.07) is 0. The number of carbonyl (C=O) groups excluding carboxylic acids is 3. The molecule has 3 N–H and O–H groups in total. The highest BCUT2D eigenvalue weighted by molar-refractivity contribution is 5.86. The molecule has 0 aromatic carbocycles. The van der Waals surface area contributed by atoms with Gasteiger partial charge >= 0.3 is 12.1 Å². The number of alkyl carbamates (subject to hydrolysis) is 1. The quantitative estimate of drug-likeness (QED) is 0.573. The number of nitrogens with zero attached hydrogens (tertiary/aromatic N) is 5. The van der Waals surface area contributed by atoms with Crippen LogP contribution in [0.15, 0.2) is 12.7 Å². The van der Waals surface area contributed by atoms with E-state index in [9.17, 15) is 14.4 Å². The second-order valence-corrected chi connectivity index (χ2v) is 7.35. The molecule has 30 heavy (non-hydrogen) atoms. The number of imidazole rings is 1. The van der Waals surface area contributed by atoms with Crippen molar-refractivity contribution in [1.29, 1.82) is 0 Å². The van der Waals surface area contributed by atoms with Crippen LogP contribution in [0.25, 0.3) is 11.2 Å². The molecule has 2 rings (SSSR count). The third kappa shape index (κ3) is 6.57. The maximum absolute atomic E-state index is 12.9. The van der Waals surface area contributed by atoms with Crippen LogP contribution in [0.5, 0.6) is 0 Å². The SMILES string of the molecule is CCOC(=O)CN(CCNC(=O)OC(C)(C)C)C(=O)Cn1cnc2ncnc(N)c21. The van der Waals surface area contributed by atoms with Gasteiger partial charge in [-0.15, -0.1) is 0 Å². The van der Waals surface area contributed by atoms with Gasteiger partial charge in [-0.05, 0) is 27.7 Å². The van der Waals surface area contributed by atoms with Crippen molar-refractivity contribution in [1.82, 2.24) is 29.7 Å². The van der Waals surface area contributed by atoms with Crippen molar-refractivity contribution in [2.45, 2.75) is 39.8 Å². The number of hydrogen-bond donors (Lipinski definition) is 2. The van der Waals surface area contributed by atoms with Crippen molar-refractivity contribution in [2.75, 3.05) is 32.0 Å². The molecule has 0 saturated carbocycles. The normalized spacial score (nSPS) is 11.2. The Bertz CT molecular complexity index is 906. The van der Waals surface area contributed by atoms with Crippen LogP contribution in [0.4, 0.5) is 10.6 Å². The smallest absolute Gasteiger partial charge is 0.407 e. The number of esters is 1. The zero-order valence-electron chi connectivity index (χ0n) is 17.5. The lowest BCUT2D eigenvalue weighted by Gasteiger charge is -2.23. The monoisotopic (exact) mass is 421 g/mol. The van der Waals surface area contributed by atoms with E-state index in [4.69, 9.17) is 15.2 Å². The Kier molecular flexibility index (Phi) is 7.50. The summed E-state index contributed by atoms with van der Waals surface area (Å²) in [5, 5.41) is 2.56. The predicted molar refractivity (Wildman–Crippen MR) is 107 cm³/mol. The lowest BCUT2D eigenvalue weighted by Crippen LogP contribution is -2.43. The Morgan fingerprint density at radius 1 is 1.23 bits per heavy atom. The van der Waals surface area contributed by atoms with Crippen LogP contribution in [0, 0.1) is 0 Å². The molecule has 0 aliphatic rings. The maximum atomic E-state index is 12.9. The summed E-state index contributed by atoms with van der Waals surface area (Å²) in [6.45, 7) is 6.87. The number of rotatable bonds is 8. The summed E-state index contributed by atoms with van der Waals surface area (Å²) < 4.78 is 11.6. The van der Waals surface area contributed by atoms with E-state index in [2.05, 4.69) is 20.3 Å². The Morgan fingerprint density at radius 2 is 1.97 bits per heavy atom. The molecule has 0 spiro atoms. The molecule has 2 aromatic rings. The molecule has 0 atom stereocenters. The molecule has 0 saturated heterocycles. The molecule has 164 valence electrons. The number of nitrogen functional groups attached to an aromatic ring is 1. The van der Waals surface area contributed by atoms with Crippen molar-refractivity contribution in [3.05, 3.63) is 12.7 Å². The summed E-state index contributed by atoms with van der Waals surface area (Å²) in [7, 11) is 0. The highest BCUT2D eigenvalue weighted by atomic mass is 16.6. The molecule has 0 bridgehead atoms. The molecule has 0 fully saturated rings. The first kappa shape index (κ1) is 22.8. The first-order valence-corrected chi connectivity index (χ1v) is 9.42. The number of carbonyl (C=O) groups is 3. The summed E-state index contributed by atoms with van der Waals surface area (Å²) in [5.74, 6) is -0.758. The number of nitrogens with two attached hydrogens (primary N) is 1. The average Bonchev–Trinajstić information content (AvgIpc) is 3.03. The largest absolute Gasteiger partial charge is 0.465 e. The van der Waals surface area contributed by atoms with Crippen LogP contribution >= 0.6 is 0 Å². The molecular weight excluding hydrogens is 394 g/mol. The van der Waals surface area contributed by atoms with Gasteiger partial charge in [0.05, 0.1) is 12.9 Å². The third-order valence-electron chi connectivity index (χ3n) is 3.77. The van der Waals surface area contributed by atoms with E-state index < -0.39 is 23.6 Å². The van der Waals surface area contributed by atoms with Gasteiger partial charge in [0.2, 0.25) is 5.91 Å². The molecular formula is C18H27N7O5. The fourth-order valence-corrected chi connectivity index (χ4v) is 2.56. The zero-order valence-corrected chi connectivity index (χ0v) is 17.5. The molecule has 0 aliphatic carbocycles. The van der Waals surface area contributed by atoms with Crippen molar-refractivity contribution in [2.24, 2.45) is 0 Å². The van der Waals surface area contributed by atoms with Gasteiger partial charge in [-0.1, -0.05) is 0 Å². The van der Waals surface area contributed by atoms with Gasteiger partial charge in [-0.25, -0.2) is 19.7 Å². The Morgan fingerprint density at radius 3 is 2.63 bits per heavy atom. The third-order valence-corrected chi connectivity index (χ3v) is 3.77. The maximum Gasteiger partial charge on any atom is 0.407 e. The Balaban J connectivity index is 2.06. The molecule has 0 radical (unpaired) electrons. The number of ether oxygens (including phenoxy) is 2. The van der Waals surface area contributed by atoms with E-state index in [1.54, 1.807) is 27.7 Å². The van der Waals surface area contributed by atoms with Gasteiger partial charge in [-0.2, -0.15) is 0 Å². The van der Waals surface area contributed by atoms with E-state index >= 15 is 0 Å². The van der Waals surface area contributed by atoms with Gasteiger partial charge in [0, 0.05) is 13.1 Å². The van der Waals surface area contributed by atoms with Crippen LogP contribution in [-0.4, -0.2) is 74.2 Å². The van der Waals surface area contributed by atoms with Crippen molar-refractivity contribution < 1.29 is 23.9 Å². The van der Waals surface area contributed by atoms with Crippen molar-refractivity contribution in [3.8, 4) is 0 Å². The second kappa shape index (κ2) is 9.85. The lowest BCUT2D eigenvalue weighted by molar-refractivity contribution is -0.149. The van der Waals surface area contributed by atoms with Gasteiger partial charge in [0.25, 0.3) is 0 Å². The minimum Gasteiger partial charge on any atom is -0.465 e. The summed E-state index contributed by atoms with van der Waals surface area (Å²) >= 11 is 0. The fraction of sp³-hybridized carbons (Fsp3) is 0.556. The second-order valence-electron chi connectivity index (χ2n) is 7.35. The first-order valence-electron chi connectivity index (χ1n) is 9.42. The number of amides is 2. The summed E-state index contributed by atoms with van der Waals surface area (Å²) in [5.41, 5.74) is 6.01. The Hall–Kier alpha value is -3.44. The van der Waals surface area contributed by atoms with E-state index in [1.807, 2.05) is 0 Å². The lowest BCUT2D eigenvalue weighted by atomic mass is 10.2. The zero-order chi connectivity index (χ0) is 22.3. The molecule has 12 heteroatoms. The number of hydrogen-bond acceptors (Lipinski definition) is 9. The first-order chi connectivity index (χ1) is 14.1. The molecule has 2 heterocycles. The van der Waals surface area contributed by atoms with Gasteiger partial charge in [0.15, 0.2) is 11.5 Å². The average molecular weight is 421 g/mol. The molecule has 12 nitrogen and oxygen atoms in total. The minimum atomic E-state index is -0.644. The highest BCUT2D eigenvalue weighted by Crippen LogP contribution is 2.15. The Labute approximate surface area is 173 Å². The molecule has 2 aromatic heterocycles. The summed E-state index contributed by atoms with van der Waals surface area (Å²) in [6.07, 6.45) is 2.10. The van der Waals surface area contributed by atoms with Crippen LogP contribution in [0.3, 0.4) is 0 Å². The number of anilines is 1. The van der Waals surface area contributed by atoms with Crippen LogP contribution in [0.2, 0.25) is 0 Å². The molecule has 0 unspecified atom stereocenters. The van der Waals surface area contributed by atoms with Crippen molar-refractivity contribution in [3.63, 3.8) is 0 Å². The van der Waals surface area contributed by atoms with E-state index in [-0.39, 0.29) is 38.6 Å². The van der Waals surface area contributed by atoms with E-state index in [1.165, 1.54) is 22.1 Å². The number of fused-ring (bicyclic) bond motifs is 1. The van der Waals surface area contributed by atoms with E-state index in [0.29, 0.717) is 11.2 Å². The minimum absolute atomic E-state index is 0.0789. The van der Waals surface area contributed by atoms with Crippen LogP contribution in [0.1, 0.15) is 27.7 Å². The molecule has 0 aliphatic heterocycles. The van der Waals surface area contributed by atoms with Gasteiger partial charge in [-0.3, -0.25) is 9.59 Å². The fourth-order valence-electron chi connectivity index (χ4n) is 2.56. The summed E-state index contributed by atoms with van der Waals surface area (Å²) in [4.78, 5) is 49.9. The predicted octanol–water partition coefficient (Wildman–Crippen LogP) is 0.325.